The monoisotopic (exact) mass is 126 g/mol. The molecule has 0 aliphatic carbocycles. The zero-order chi connectivity index (χ0) is 6.27. The van der Waals surface area contributed by atoms with Crippen LogP contribution < -0.4 is 0 Å². The molecule has 5 nitrogen and oxygen atoms in total. The average Bonchev–Trinajstić information content (AvgIpc) is 2.35. The van der Waals surface area contributed by atoms with Gasteiger partial charge in [0.25, 0.3) is 0 Å². The summed E-state index contributed by atoms with van der Waals surface area (Å²) in [4.78, 5) is 0. The second kappa shape index (κ2) is 1.51. The Hall–Kier alpha value is -0.970. The molecule has 1 N–H and O–H groups in total. The van der Waals surface area contributed by atoms with Crippen molar-refractivity contribution in [3.8, 4) is 0 Å². The van der Waals surface area contributed by atoms with Crippen molar-refractivity contribution in [2.45, 2.75) is 19.1 Å². The zero-order valence-electron chi connectivity index (χ0n) is 4.73. The van der Waals surface area contributed by atoms with Gasteiger partial charge in [0.15, 0.2) is 5.82 Å². The summed E-state index contributed by atoms with van der Waals surface area (Å²) in [6, 6.07) is 0. The van der Waals surface area contributed by atoms with E-state index in [1.165, 1.54) is 0 Å². The average molecular weight is 126 g/mol. The number of tetrazole rings is 1. The number of nitrogens with zero attached hydrogens (tertiary/aromatic N) is 4. The number of aliphatic hydroxyl groups excluding tert-OH is 1. The van der Waals surface area contributed by atoms with Crippen LogP contribution in [0.2, 0.25) is 0 Å². The Balaban J connectivity index is 2.49. The number of hydrogen-bond acceptors (Lipinski definition) is 4. The smallest absolute Gasteiger partial charge is 0.180 e. The first kappa shape index (κ1) is 4.87. The van der Waals surface area contributed by atoms with Crippen LogP contribution >= 0.6 is 0 Å². The molecule has 0 fully saturated rings. The van der Waals surface area contributed by atoms with Crippen molar-refractivity contribution in [1.82, 2.24) is 20.2 Å². The molecule has 0 bridgehead atoms. The summed E-state index contributed by atoms with van der Waals surface area (Å²) >= 11 is 0. The van der Waals surface area contributed by atoms with E-state index in [1.54, 1.807) is 4.68 Å². The van der Waals surface area contributed by atoms with Crippen LogP contribution in [0.25, 0.3) is 0 Å². The Kier molecular flexibility index (Phi) is 0.814. The maximum atomic E-state index is 9.11. The van der Waals surface area contributed by atoms with Gasteiger partial charge in [0, 0.05) is 13.0 Å². The molecular weight excluding hydrogens is 120 g/mol. The second-order valence-corrected chi connectivity index (χ2v) is 2.06. The van der Waals surface area contributed by atoms with Crippen LogP contribution in [0.3, 0.4) is 0 Å². The highest BCUT2D eigenvalue weighted by Gasteiger charge is 2.22. The van der Waals surface area contributed by atoms with E-state index in [4.69, 9.17) is 5.11 Å². The lowest BCUT2D eigenvalue weighted by molar-refractivity contribution is 0.175. The predicted octanol–water partition coefficient (Wildman–Crippen LogP) is -0.890. The molecule has 0 radical (unpaired) electrons. The summed E-state index contributed by atoms with van der Waals surface area (Å²) < 4.78 is 1.62. The topological polar surface area (TPSA) is 63.8 Å². The van der Waals surface area contributed by atoms with Gasteiger partial charge in [0.2, 0.25) is 0 Å². The fraction of sp³-hybridized carbons (Fsp3) is 0.750. The molecule has 1 aliphatic rings. The third kappa shape index (κ3) is 0.547. The normalized spacial score (nSPS) is 24.3. The maximum absolute atomic E-state index is 9.11. The lowest BCUT2D eigenvalue weighted by atomic mass is 10.3. The van der Waals surface area contributed by atoms with Gasteiger partial charge >= 0.3 is 0 Å². The lowest BCUT2D eigenvalue weighted by Gasteiger charge is -1.91. The van der Waals surface area contributed by atoms with E-state index < -0.39 is 6.10 Å². The first-order valence-electron chi connectivity index (χ1n) is 2.82. The maximum Gasteiger partial charge on any atom is 0.180 e. The Labute approximate surface area is 51.3 Å². The first-order chi connectivity index (χ1) is 4.38. The SMILES string of the molecule is OC1CCn2nnnc21. The molecule has 0 saturated carbocycles. The summed E-state index contributed by atoms with van der Waals surface area (Å²) in [5.41, 5.74) is 0. The number of aromatic nitrogens is 4. The molecule has 1 aromatic heterocycles. The van der Waals surface area contributed by atoms with Crippen LogP contribution in [0, 0.1) is 0 Å². The van der Waals surface area contributed by atoms with Gasteiger partial charge in [-0.25, -0.2) is 4.68 Å². The number of aliphatic hydroxyl groups is 1. The minimum absolute atomic E-state index is 0.444. The van der Waals surface area contributed by atoms with Crippen molar-refractivity contribution in [3.63, 3.8) is 0 Å². The molecule has 0 saturated heterocycles. The minimum Gasteiger partial charge on any atom is -0.385 e. The molecule has 1 aliphatic heterocycles. The van der Waals surface area contributed by atoms with Crippen LogP contribution in [0.15, 0.2) is 0 Å². The van der Waals surface area contributed by atoms with Crippen molar-refractivity contribution >= 4 is 0 Å². The molecule has 9 heavy (non-hydrogen) atoms. The van der Waals surface area contributed by atoms with Crippen LogP contribution in [0.1, 0.15) is 18.3 Å². The predicted molar refractivity (Wildman–Crippen MR) is 27.4 cm³/mol. The zero-order valence-corrected chi connectivity index (χ0v) is 4.73. The largest absolute Gasteiger partial charge is 0.385 e. The molecule has 1 atom stereocenters. The number of hydrogen-bond donors (Lipinski definition) is 1. The van der Waals surface area contributed by atoms with E-state index >= 15 is 0 Å². The highest BCUT2D eigenvalue weighted by molar-refractivity contribution is 4.91. The molecule has 0 spiro atoms. The third-order valence-electron chi connectivity index (χ3n) is 1.47. The second-order valence-electron chi connectivity index (χ2n) is 2.06. The molecule has 0 aromatic carbocycles. The van der Waals surface area contributed by atoms with E-state index in [0.29, 0.717) is 5.82 Å². The minimum atomic E-state index is -0.444. The summed E-state index contributed by atoms with van der Waals surface area (Å²) in [7, 11) is 0. The van der Waals surface area contributed by atoms with Crippen molar-refractivity contribution in [2.24, 2.45) is 0 Å². The molecule has 2 heterocycles. The molecule has 2 rings (SSSR count). The van der Waals surface area contributed by atoms with E-state index in [9.17, 15) is 0 Å². The first-order valence-corrected chi connectivity index (χ1v) is 2.82. The van der Waals surface area contributed by atoms with Gasteiger partial charge in [-0.2, -0.15) is 0 Å². The summed E-state index contributed by atoms with van der Waals surface area (Å²) in [6.45, 7) is 0.740. The summed E-state index contributed by atoms with van der Waals surface area (Å²) in [6.07, 6.45) is 0.276. The van der Waals surface area contributed by atoms with E-state index in [0.717, 1.165) is 13.0 Å². The fourth-order valence-corrected chi connectivity index (χ4v) is 0.983. The Bertz CT molecular complexity index is 220. The van der Waals surface area contributed by atoms with Gasteiger partial charge in [-0.05, 0) is 10.4 Å². The van der Waals surface area contributed by atoms with E-state index in [1.807, 2.05) is 0 Å². The highest BCUT2D eigenvalue weighted by Crippen LogP contribution is 2.20. The van der Waals surface area contributed by atoms with Crippen molar-refractivity contribution in [2.75, 3.05) is 0 Å². The molecule has 5 heteroatoms. The standard InChI is InChI=1S/C4H6N4O/c9-3-1-2-8-4(3)5-6-7-8/h3,9H,1-2H2. The summed E-state index contributed by atoms with van der Waals surface area (Å²) in [5, 5.41) is 19.8. The van der Waals surface area contributed by atoms with Gasteiger partial charge in [-0.3, -0.25) is 0 Å². The van der Waals surface area contributed by atoms with E-state index in [-0.39, 0.29) is 0 Å². The molecule has 1 unspecified atom stereocenters. The van der Waals surface area contributed by atoms with Gasteiger partial charge in [0.05, 0.1) is 0 Å². The fourth-order valence-electron chi connectivity index (χ4n) is 0.983. The quantitative estimate of drug-likeness (QED) is 0.489. The van der Waals surface area contributed by atoms with Crippen LogP contribution in [-0.2, 0) is 6.54 Å². The van der Waals surface area contributed by atoms with Gasteiger partial charge in [-0.15, -0.1) is 5.10 Å². The number of rotatable bonds is 0. The van der Waals surface area contributed by atoms with Gasteiger partial charge in [0.1, 0.15) is 6.10 Å². The van der Waals surface area contributed by atoms with Gasteiger partial charge in [-0.1, -0.05) is 0 Å². The summed E-state index contributed by atoms with van der Waals surface area (Å²) in [5.74, 6) is 0.593. The third-order valence-corrected chi connectivity index (χ3v) is 1.47. The van der Waals surface area contributed by atoms with Crippen LogP contribution in [0.4, 0.5) is 0 Å². The van der Waals surface area contributed by atoms with E-state index in [2.05, 4.69) is 15.5 Å². The Morgan fingerprint density at radius 2 is 2.56 bits per heavy atom. The molecular formula is C4H6N4O. The molecule has 1 aromatic rings. The Morgan fingerprint density at radius 1 is 1.67 bits per heavy atom. The van der Waals surface area contributed by atoms with Crippen molar-refractivity contribution < 1.29 is 5.11 Å². The van der Waals surface area contributed by atoms with Crippen molar-refractivity contribution in [1.29, 1.82) is 0 Å². The van der Waals surface area contributed by atoms with Crippen molar-refractivity contribution in [3.05, 3.63) is 5.82 Å². The highest BCUT2D eigenvalue weighted by atomic mass is 16.3. The van der Waals surface area contributed by atoms with Crippen LogP contribution in [-0.4, -0.2) is 25.3 Å². The molecule has 0 amide bonds. The lowest BCUT2D eigenvalue weighted by Crippen LogP contribution is -1.95. The Morgan fingerprint density at radius 3 is 3.33 bits per heavy atom. The molecule has 48 valence electrons. The number of aryl methyl sites for hydroxylation is 1. The van der Waals surface area contributed by atoms with Crippen LogP contribution in [0.5, 0.6) is 0 Å². The van der Waals surface area contributed by atoms with Gasteiger partial charge < -0.3 is 5.11 Å². The number of fused-ring (bicyclic) bond motifs is 1.